The number of benzene rings is 1. The average Bonchev–Trinajstić information content (AvgIpc) is 2.80. The minimum Gasteiger partial charge on any atom is -0.326 e. The number of carbonyl (C=O) groups is 3. The van der Waals surface area contributed by atoms with Gasteiger partial charge in [0.1, 0.15) is 0 Å². The van der Waals surface area contributed by atoms with Gasteiger partial charge in [0.25, 0.3) is 0 Å². The second-order valence-corrected chi connectivity index (χ2v) is 6.57. The number of rotatable bonds is 4. The Morgan fingerprint density at radius 2 is 1.65 bits per heavy atom. The van der Waals surface area contributed by atoms with Crippen LogP contribution >= 0.6 is 11.6 Å². The van der Waals surface area contributed by atoms with Gasteiger partial charge >= 0.3 is 0 Å². The van der Waals surface area contributed by atoms with Crippen molar-refractivity contribution in [2.24, 2.45) is 11.8 Å². The molecule has 2 fully saturated rings. The summed E-state index contributed by atoms with van der Waals surface area (Å²) in [6.07, 6.45) is 3.71. The largest absolute Gasteiger partial charge is 0.326 e. The molecule has 0 bridgehead atoms. The molecule has 1 aliphatic carbocycles. The van der Waals surface area contributed by atoms with E-state index in [9.17, 15) is 14.4 Å². The van der Waals surface area contributed by atoms with Gasteiger partial charge in [0.15, 0.2) is 0 Å². The molecular weight excluding hydrogens is 316 g/mol. The van der Waals surface area contributed by atoms with Crippen LogP contribution in [0.15, 0.2) is 24.3 Å². The van der Waals surface area contributed by atoms with Gasteiger partial charge in [0.05, 0.1) is 11.8 Å². The molecule has 1 saturated heterocycles. The first-order valence-electron chi connectivity index (χ1n) is 7.97. The van der Waals surface area contributed by atoms with E-state index in [-0.39, 0.29) is 42.5 Å². The summed E-state index contributed by atoms with van der Waals surface area (Å²) in [7, 11) is 0. The van der Waals surface area contributed by atoms with Gasteiger partial charge in [0.2, 0.25) is 17.7 Å². The Bertz CT molecular complexity index is 605. The molecule has 122 valence electrons. The van der Waals surface area contributed by atoms with E-state index in [0.717, 1.165) is 25.7 Å². The zero-order valence-corrected chi connectivity index (χ0v) is 13.5. The lowest BCUT2D eigenvalue weighted by atomic mass is 9.81. The quantitative estimate of drug-likeness (QED) is 0.861. The second kappa shape index (κ2) is 6.71. The fourth-order valence-electron chi connectivity index (χ4n) is 3.42. The number of fused-ring (bicyclic) bond motifs is 1. The number of nitrogens with one attached hydrogen (secondary N) is 1. The van der Waals surface area contributed by atoms with Crippen molar-refractivity contribution in [3.63, 3.8) is 0 Å². The van der Waals surface area contributed by atoms with Crippen LogP contribution in [0.4, 0.5) is 5.69 Å². The van der Waals surface area contributed by atoms with Gasteiger partial charge in [0, 0.05) is 23.7 Å². The van der Waals surface area contributed by atoms with Crippen LogP contribution in [0.3, 0.4) is 0 Å². The normalized spacial score (nSPS) is 23.8. The summed E-state index contributed by atoms with van der Waals surface area (Å²) in [5, 5.41) is 3.33. The maximum absolute atomic E-state index is 12.3. The van der Waals surface area contributed by atoms with E-state index >= 15 is 0 Å². The monoisotopic (exact) mass is 334 g/mol. The Hall–Kier alpha value is -1.88. The summed E-state index contributed by atoms with van der Waals surface area (Å²) in [6, 6.07) is 6.80. The molecule has 1 saturated carbocycles. The van der Waals surface area contributed by atoms with Crippen LogP contribution in [-0.2, 0) is 14.4 Å². The van der Waals surface area contributed by atoms with Gasteiger partial charge in [-0.2, -0.15) is 0 Å². The highest BCUT2D eigenvalue weighted by molar-refractivity contribution is 6.30. The van der Waals surface area contributed by atoms with Crippen molar-refractivity contribution in [2.45, 2.75) is 32.1 Å². The van der Waals surface area contributed by atoms with E-state index in [1.807, 2.05) is 0 Å². The van der Waals surface area contributed by atoms with Gasteiger partial charge < -0.3 is 5.32 Å². The van der Waals surface area contributed by atoms with E-state index in [4.69, 9.17) is 11.6 Å². The second-order valence-electron chi connectivity index (χ2n) is 6.13. The van der Waals surface area contributed by atoms with E-state index in [1.165, 1.54) is 4.90 Å². The number of likely N-dealkylation sites (tertiary alicyclic amines) is 1. The smallest absolute Gasteiger partial charge is 0.233 e. The van der Waals surface area contributed by atoms with Crippen molar-refractivity contribution in [2.75, 3.05) is 11.9 Å². The zero-order valence-electron chi connectivity index (χ0n) is 12.8. The molecule has 3 rings (SSSR count). The first kappa shape index (κ1) is 16.0. The predicted molar refractivity (Wildman–Crippen MR) is 86.9 cm³/mol. The molecule has 2 aliphatic rings. The minimum absolute atomic E-state index is 0.0982. The fraction of sp³-hybridized carbons (Fsp3) is 0.471. The van der Waals surface area contributed by atoms with E-state index in [0.29, 0.717) is 10.7 Å². The lowest BCUT2D eigenvalue weighted by Crippen LogP contribution is -2.34. The Morgan fingerprint density at radius 3 is 2.22 bits per heavy atom. The molecule has 6 heteroatoms. The fourth-order valence-corrected chi connectivity index (χ4v) is 3.55. The molecule has 1 heterocycles. The predicted octanol–water partition coefficient (Wildman–Crippen LogP) is 2.84. The Kier molecular flexibility index (Phi) is 4.66. The van der Waals surface area contributed by atoms with Crippen LogP contribution in [0.25, 0.3) is 0 Å². The van der Waals surface area contributed by atoms with Gasteiger partial charge in [-0.15, -0.1) is 0 Å². The number of anilines is 1. The summed E-state index contributed by atoms with van der Waals surface area (Å²) in [5.41, 5.74) is 0.646. The van der Waals surface area contributed by atoms with Crippen molar-refractivity contribution in [3.05, 3.63) is 29.3 Å². The molecule has 0 radical (unpaired) electrons. The summed E-state index contributed by atoms with van der Waals surface area (Å²) in [6.45, 7) is 0.157. The minimum atomic E-state index is -0.220. The lowest BCUT2D eigenvalue weighted by Gasteiger charge is -2.19. The zero-order chi connectivity index (χ0) is 16.4. The molecule has 1 aliphatic heterocycles. The molecule has 1 aromatic rings. The van der Waals surface area contributed by atoms with Crippen molar-refractivity contribution < 1.29 is 14.4 Å². The van der Waals surface area contributed by atoms with Gasteiger partial charge in [-0.25, -0.2) is 0 Å². The van der Waals surface area contributed by atoms with Crippen LogP contribution in [0, 0.1) is 11.8 Å². The Balaban J connectivity index is 1.55. The summed E-state index contributed by atoms with van der Waals surface area (Å²) in [5.74, 6) is -0.730. The lowest BCUT2D eigenvalue weighted by molar-refractivity contribution is -0.140. The molecule has 3 amide bonds. The molecule has 23 heavy (non-hydrogen) atoms. The third-order valence-electron chi connectivity index (χ3n) is 4.62. The van der Waals surface area contributed by atoms with Gasteiger partial charge in [-0.05, 0) is 37.1 Å². The molecule has 0 spiro atoms. The SMILES string of the molecule is O=C(CCN1C(=O)[C@H]2CCCC[C@H]2C1=O)Nc1ccc(Cl)cc1. The molecule has 0 unspecified atom stereocenters. The summed E-state index contributed by atoms with van der Waals surface area (Å²) in [4.78, 5) is 37.9. The van der Waals surface area contributed by atoms with Crippen LogP contribution in [0.2, 0.25) is 5.02 Å². The maximum atomic E-state index is 12.3. The topological polar surface area (TPSA) is 66.5 Å². The van der Waals surface area contributed by atoms with E-state index < -0.39 is 0 Å². The number of hydrogen-bond donors (Lipinski definition) is 1. The molecule has 5 nitrogen and oxygen atoms in total. The average molecular weight is 335 g/mol. The van der Waals surface area contributed by atoms with Crippen LogP contribution in [0.5, 0.6) is 0 Å². The maximum Gasteiger partial charge on any atom is 0.233 e. The van der Waals surface area contributed by atoms with E-state index in [1.54, 1.807) is 24.3 Å². The molecule has 1 aromatic carbocycles. The number of imide groups is 1. The highest BCUT2D eigenvalue weighted by Crippen LogP contribution is 2.37. The molecule has 0 aromatic heterocycles. The summed E-state index contributed by atoms with van der Waals surface area (Å²) < 4.78 is 0. The highest BCUT2D eigenvalue weighted by atomic mass is 35.5. The number of amides is 3. The Labute approximate surface area is 140 Å². The van der Waals surface area contributed by atoms with Crippen molar-refractivity contribution in [3.8, 4) is 0 Å². The first-order valence-corrected chi connectivity index (χ1v) is 8.34. The number of halogens is 1. The van der Waals surface area contributed by atoms with Gasteiger partial charge in [-0.1, -0.05) is 24.4 Å². The highest BCUT2D eigenvalue weighted by Gasteiger charge is 2.47. The molecule has 1 N–H and O–H groups in total. The number of carbonyl (C=O) groups excluding carboxylic acids is 3. The van der Waals surface area contributed by atoms with Crippen LogP contribution in [0.1, 0.15) is 32.1 Å². The van der Waals surface area contributed by atoms with Gasteiger partial charge in [-0.3, -0.25) is 19.3 Å². The van der Waals surface area contributed by atoms with Crippen LogP contribution < -0.4 is 5.32 Å². The standard InChI is InChI=1S/C17H19ClN2O3/c18-11-5-7-12(8-6-11)19-15(21)9-10-20-16(22)13-3-1-2-4-14(13)17(20)23/h5-8,13-14H,1-4,9-10H2,(H,19,21)/t13-,14+. The first-order chi connectivity index (χ1) is 11.1. The number of hydrogen-bond acceptors (Lipinski definition) is 3. The van der Waals surface area contributed by atoms with E-state index in [2.05, 4.69) is 5.32 Å². The number of nitrogens with zero attached hydrogens (tertiary/aromatic N) is 1. The van der Waals surface area contributed by atoms with Crippen LogP contribution in [-0.4, -0.2) is 29.2 Å². The molecular formula is C17H19ClN2O3. The third-order valence-corrected chi connectivity index (χ3v) is 4.87. The van der Waals surface area contributed by atoms with Crippen molar-refractivity contribution in [1.82, 2.24) is 4.90 Å². The molecule has 2 atom stereocenters. The van der Waals surface area contributed by atoms with Crippen molar-refractivity contribution >= 4 is 35.0 Å². The third kappa shape index (κ3) is 3.39. The summed E-state index contributed by atoms with van der Waals surface area (Å²) >= 11 is 5.79. The Morgan fingerprint density at radius 1 is 1.09 bits per heavy atom. The van der Waals surface area contributed by atoms with Crippen molar-refractivity contribution in [1.29, 1.82) is 0 Å².